The predicted octanol–water partition coefficient (Wildman–Crippen LogP) is 1.44. The molecule has 1 fully saturated rings. The second kappa shape index (κ2) is 6.71. The van der Waals surface area contributed by atoms with Crippen molar-refractivity contribution in [1.82, 2.24) is 9.62 Å². The zero-order chi connectivity index (χ0) is 12.9. The van der Waals surface area contributed by atoms with Gasteiger partial charge in [-0.05, 0) is 45.2 Å². The number of sulfonamides is 1. The quantitative estimate of drug-likeness (QED) is 0.737. The van der Waals surface area contributed by atoms with Crippen molar-refractivity contribution in [3.05, 3.63) is 0 Å². The highest BCUT2D eigenvalue weighted by Crippen LogP contribution is 2.25. The summed E-state index contributed by atoms with van der Waals surface area (Å²) in [5.74, 6) is 0.754. The fourth-order valence-electron chi connectivity index (χ4n) is 2.36. The molecule has 1 N–H and O–H groups in total. The summed E-state index contributed by atoms with van der Waals surface area (Å²) in [6, 6.07) is 0.160. The van der Waals surface area contributed by atoms with Crippen LogP contribution in [0.3, 0.4) is 0 Å². The molecule has 1 aliphatic heterocycles. The predicted molar refractivity (Wildman–Crippen MR) is 71.5 cm³/mol. The van der Waals surface area contributed by atoms with Crippen LogP contribution in [-0.2, 0) is 10.0 Å². The van der Waals surface area contributed by atoms with Gasteiger partial charge in [-0.2, -0.15) is 4.31 Å². The zero-order valence-electron chi connectivity index (χ0n) is 11.3. The summed E-state index contributed by atoms with van der Waals surface area (Å²) >= 11 is 0. The first-order valence-corrected chi connectivity index (χ1v) is 8.30. The van der Waals surface area contributed by atoms with Crippen LogP contribution in [0.2, 0.25) is 0 Å². The fourth-order valence-corrected chi connectivity index (χ4v) is 4.23. The first-order chi connectivity index (χ1) is 7.99. The fraction of sp³-hybridized carbons (Fsp3) is 1.00. The van der Waals surface area contributed by atoms with E-state index in [0.29, 0.717) is 18.9 Å². The van der Waals surface area contributed by atoms with Crippen LogP contribution in [0.5, 0.6) is 0 Å². The van der Waals surface area contributed by atoms with Crippen molar-refractivity contribution in [1.29, 1.82) is 0 Å². The van der Waals surface area contributed by atoms with Gasteiger partial charge in [0.2, 0.25) is 10.0 Å². The summed E-state index contributed by atoms with van der Waals surface area (Å²) in [4.78, 5) is 0. The number of rotatable bonds is 6. The normalized spacial score (nSPS) is 27.2. The minimum absolute atomic E-state index is 0.160. The smallest absolute Gasteiger partial charge is 0.214 e. The summed E-state index contributed by atoms with van der Waals surface area (Å²) in [5, 5.41) is 3.16. The molecule has 1 aliphatic rings. The summed E-state index contributed by atoms with van der Waals surface area (Å²) in [7, 11) is -3.05. The van der Waals surface area contributed by atoms with Gasteiger partial charge in [-0.15, -0.1) is 0 Å². The molecule has 0 saturated carbocycles. The van der Waals surface area contributed by atoms with Crippen LogP contribution in [0.25, 0.3) is 0 Å². The third kappa shape index (κ3) is 4.23. The van der Waals surface area contributed by atoms with Crippen molar-refractivity contribution in [3.63, 3.8) is 0 Å². The zero-order valence-corrected chi connectivity index (χ0v) is 12.1. The Hall–Kier alpha value is -0.130. The second-order valence-corrected chi connectivity index (χ2v) is 7.04. The molecule has 17 heavy (non-hydrogen) atoms. The number of hydrogen-bond acceptors (Lipinski definition) is 3. The van der Waals surface area contributed by atoms with E-state index in [-0.39, 0.29) is 11.8 Å². The summed E-state index contributed by atoms with van der Waals surface area (Å²) in [6.45, 7) is 8.60. The van der Waals surface area contributed by atoms with Gasteiger partial charge in [-0.1, -0.05) is 13.8 Å². The second-order valence-electron chi connectivity index (χ2n) is 4.99. The average molecular weight is 262 g/mol. The lowest BCUT2D eigenvalue weighted by atomic mass is 9.94. The third-order valence-electron chi connectivity index (χ3n) is 3.68. The first-order valence-electron chi connectivity index (χ1n) is 6.69. The molecule has 0 radical (unpaired) electrons. The molecular weight excluding hydrogens is 236 g/mol. The molecule has 0 amide bonds. The van der Waals surface area contributed by atoms with E-state index in [1.165, 1.54) is 0 Å². The van der Waals surface area contributed by atoms with E-state index in [4.69, 9.17) is 0 Å². The summed E-state index contributed by atoms with van der Waals surface area (Å²) < 4.78 is 26.1. The van der Waals surface area contributed by atoms with E-state index in [1.54, 1.807) is 4.31 Å². The van der Waals surface area contributed by atoms with Gasteiger partial charge in [0.1, 0.15) is 0 Å². The maximum atomic E-state index is 12.2. The lowest BCUT2D eigenvalue weighted by molar-refractivity contribution is 0.202. The molecular formula is C12H26N2O2S. The van der Waals surface area contributed by atoms with Crippen molar-refractivity contribution in [2.75, 3.05) is 25.4 Å². The van der Waals surface area contributed by atoms with Crippen molar-refractivity contribution in [3.8, 4) is 0 Å². The highest BCUT2D eigenvalue weighted by molar-refractivity contribution is 7.89. The van der Waals surface area contributed by atoms with Crippen LogP contribution in [0, 0.1) is 5.92 Å². The van der Waals surface area contributed by atoms with Crippen LogP contribution < -0.4 is 5.32 Å². The lowest BCUT2D eigenvalue weighted by Gasteiger charge is -2.36. The standard InChI is InChI=1S/C12H26N2O2S/c1-4-13-8-6-10-17(15,16)14-9-5-7-11(2)12(14)3/h11-13H,4-10H2,1-3H3. The van der Waals surface area contributed by atoms with Crippen LogP contribution in [0.1, 0.15) is 40.0 Å². The number of hydrogen-bond donors (Lipinski definition) is 1. The molecule has 5 heteroatoms. The average Bonchev–Trinajstić information content (AvgIpc) is 2.28. The van der Waals surface area contributed by atoms with Gasteiger partial charge in [-0.25, -0.2) is 8.42 Å². The Morgan fingerprint density at radius 3 is 2.71 bits per heavy atom. The third-order valence-corrected chi connectivity index (χ3v) is 5.71. The van der Waals surface area contributed by atoms with Crippen molar-refractivity contribution in [2.24, 2.45) is 5.92 Å². The Morgan fingerprint density at radius 2 is 2.06 bits per heavy atom. The van der Waals surface area contributed by atoms with Gasteiger partial charge < -0.3 is 5.32 Å². The lowest BCUT2D eigenvalue weighted by Crippen LogP contribution is -2.47. The molecule has 1 heterocycles. The molecule has 2 unspecified atom stereocenters. The van der Waals surface area contributed by atoms with Crippen molar-refractivity contribution >= 4 is 10.0 Å². The van der Waals surface area contributed by atoms with Gasteiger partial charge >= 0.3 is 0 Å². The Balaban J connectivity index is 2.51. The van der Waals surface area contributed by atoms with E-state index in [2.05, 4.69) is 12.2 Å². The highest BCUT2D eigenvalue weighted by atomic mass is 32.2. The van der Waals surface area contributed by atoms with Gasteiger partial charge in [0.25, 0.3) is 0 Å². The number of nitrogens with one attached hydrogen (secondary N) is 1. The molecule has 4 nitrogen and oxygen atoms in total. The van der Waals surface area contributed by atoms with E-state index in [1.807, 2.05) is 13.8 Å². The molecule has 1 saturated heterocycles. The maximum Gasteiger partial charge on any atom is 0.214 e. The SMILES string of the molecule is CCNCCCS(=O)(=O)N1CCCC(C)C1C. The first kappa shape index (κ1) is 14.9. The van der Waals surface area contributed by atoms with E-state index in [0.717, 1.165) is 25.9 Å². The topological polar surface area (TPSA) is 49.4 Å². The monoisotopic (exact) mass is 262 g/mol. The van der Waals surface area contributed by atoms with Gasteiger partial charge in [0.05, 0.1) is 5.75 Å². The molecule has 2 atom stereocenters. The van der Waals surface area contributed by atoms with Gasteiger partial charge in [0.15, 0.2) is 0 Å². The Kier molecular flexibility index (Phi) is 5.89. The maximum absolute atomic E-state index is 12.2. The minimum Gasteiger partial charge on any atom is -0.317 e. The van der Waals surface area contributed by atoms with E-state index in [9.17, 15) is 8.42 Å². The summed E-state index contributed by atoms with van der Waals surface area (Å²) in [6.07, 6.45) is 2.84. The molecule has 1 rings (SSSR count). The highest BCUT2D eigenvalue weighted by Gasteiger charge is 2.32. The molecule has 0 aromatic carbocycles. The Bertz CT molecular complexity index is 316. The molecule has 0 aliphatic carbocycles. The van der Waals surface area contributed by atoms with Crippen LogP contribution in [0.4, 0.5) is 0 Å². The molecule has 102 valence electrons. The van der Waals surface area contributed by atoms with Crippen molar-refractivity contribution < 1.29 is 8.42 Å². The van der Waals surface area contributed by atoms with Gasteiger partial charge in [0, 0.05) is 12.6 Å². The van der Waals surface area contributed by atoms with E-state index < -0.39 is 10.0 Å². The molecule has 0 aromatic heterocycles. The largest absolute Gasteiger partial charge is 0.317 e. The Morgan fingerprint density at radius 1 is 1.35 bits per heavy atom. The van der Waals surface area contributed by atoms with Crippen LogP contribution in [0.15, 0.2) is 0 Å². The molecule has 0 aromatic rings. The minimum atomic E-state index is -3.05. The van der Waals surface area contributed by atoms with Gasteiger partial charge in [-0.3, -0.25) is 0 Å². The summed E-state index contributed by atoms with van der Waals surface area (Å²) in [5.41, 5.74) is 0. The van der Waals surface area contributed by atoms with E-state index >= 15 is 0 Å². The van der Waals surface area contributed by atoms with Crippen molar-refractivity contribution in [2.45, 2.75) is 46.1 Å². The Labute approximate surface area is 106 Å². The number of nitrogens with zero attached hydrogens (tertiary/aromatic N) is 1. The number of piperidine rings is 1. The molecule has 0 spiro atoms. The van der Waals surface area contributed by atoms with Crippen LogP contribution in [-0.4, -0.2) is 44.2 Å². The van der Waals surface area contributed by atoms with Crippen LogP contribution >= 0.6 is 0 Å². The molecule has 0 bridgehead atoms.